The number of nitrogens with one attached hydrogen (secondary N) is 2. The van der Waals surface area contributed by atoms with E-state index in [1.54, 1.807) is 30.3 Å². The lowest BCUT2D eigenvalue weighted by Crippen LogP contribution is -2.52. The van der Waals surface area contributed by atoms with E-state index in [-0.39, 0.29) is 17.3 Å². The van der Waals surface area contributed by atoms with Gasteiger partial charge in [-0.3, -0.25) is 14.4 Å². The van der Waals surface area contributed by atoms with E-state index in [0.717, 1.165) is 0 Å². The molecule has 3 rings (SSSR count). The van der Waals surface area contributed by atoms with Gasteiger partial charge in [0, 0.05) is 30.9 Å². The number of aromatic nitrogens is 1. The van der Waals surface area contributed by atoms with Gasteiger partial charge in [-0.15, -0.1) is 0 Å². The van der Waals surface area contributed by atoms with Gasteiger partial charge < -0.3 is 21.3 Å². The summed E-state index contributed by atoms with van der Waals surface area (Å²) in [5.74, 6) is -6.77. The molecule has 1 aliphatic rings. The predicted octanol–water partition coefficient (Wildman–Crippen LogP) is 4.71. The molecule has 4 N–H and O–H groups in total. The van der Waals surface area contributed by atoms with Crippen molar-refractivity contribution in [2.75, 3.05) is 16.8 Å². The highest BCUT2D eigenvalue weighted by Gasteiger charge is 2.41. The van der Waals surface area contributed by atoms with Gasteiger partial charge in [-0.25, -0.2) is 4.98 Å². The lowest BCUT2D eigenvalue weighted by Gasteiger charge is -2.29. The molecule has 1 aromatic carbocycles. The van der Waals surface area contributed by atoms with Crippen LogP contribution in [0.1, 0.15) is 25.7 Å². The molecule has 3 amide bonds. The first kappa shape index (κ1) is 30.0. The highest BCUT2D eigenvalue weighted by atomic mass is 35.5. The second-order valence-corrected chi connectivity index (χ2v) is 9.31. The van der Waals surface area contributed by atoms with Crippen molar-refractivity contribution in [1.82, 2.24) is 10.3 Å². The van der Waals surface area contributed by atoms with Gasteiger partial charge >= 0.3 is 12.4 Å². The summed E-state index contributed by atoms with van der Waals surface area (Å²) in [6.07, 6.45) is -13.1. The van der Waals surface area contributed by atoms with Crippen LogP contribution in [0.2, 0.25) is 5.02 Å². The van der Waals surface area contributed by atoms with Gasteiger partial charge in [-0.1, -0.05) is 23.7 Å². The van der Waals surface area contributed by atoms with Crippen LogP contribution in [0, 0.1) is 11.8 Å². The van der Waals surface area contributed by atoms with E-state index in [2.05, 4.69) is 15.6 Å². The number of pyridine rings is 1. The van der Waals surface area contributed by atoms with Crippen LogP contribution >= 0.6 is 11.6 Å². The molecule has 0 fully saturated rings. The van der Waals surface area contributed by atoms with E-state index < -0.39 is 73.6 Å². The number of primary amides is 1. The minimum atomic E-state index is -4.77. The molecule has 15 heteroatoms. The van der Waals surface area contributed by atoms with E-state index >= 15 is 0 Å². The molecule has 0 bridgehead atoms. The fraction of sp³-hybridized carbons (Fsp3) is 0.417. The molecule has 3 atom stereocenters. The Kier molecular flexibility index (Phi) is 9.30. The molecule has 0 saturated carbocycles. The SMILES string of the molecule is NC(=O)C(CCC(F)(F)F)C(CCC(F)(F)F)C(=O)N[C@H]1CN(c2ccccn2)c2cccc(Cl)c2NC1=O. The summed E-state index contributed by atoms with van der Waals surface area (Å²) in [6.45, 7) is -0.266. The minimum Gasteiger partial charge on any atom is -0.369 e. The third-order valence-electron chi connectivity index (χ3n) is 6.12. The Hall–Kier alpha value is -3.55. The molecule has 0 radical (unpaired) electrons. The largest absolute Gasteiger partial charge is 0.389 e. The highest BCUT2D eigenvalue weighted by molar-refractivity contribution is 6.34. The van der Waals surface area contributed by atoms with Gasteiger partial charge in [-0.05, 0) is 37.1 Å². The van der Waals surface area contributed by atoms with E-state index in [0.29, 0.717) is 11.5 Å². The minimum absolute atomic E-state index is 0.151. The quantitative estimate of drug-likeness (QED) is 0.372. The molecule has 1 aromatic heterocycles. The maximum absolute atomic E-state index is 13.2. The standard InChI is InChI=1S/C24H24ClF6N5O3/c25-15-4-3-5-17-19(15)35-22(39)16(12-36(17)18-6-1-2-11-33-18)34-21(38)14(8-10-24(29,30)31)13(20(32)37)7-9-23(26,27)28/h1-6,11,13-14,16H,7-10,12H2,(H2,32,37)(H,34,38)(H,35,39)/t13?,14?,16-/m0/s1. The second kappa shape index (κ2) is 12.1. The van der Waals surface area contributed by atoms with Crippen molar-refractivity contribution in [2.24, 2.45) is 17.6 Å². The van der Waals surface area contributed by atoms with Gasteiger partial charge in [0.2, 0.25) is 17.7 Å². The summed E-state index contributed by atoms with van der Waals surface area (Å²) < 4.78 is 77.6. The molecular formula is C24H24ClF6N5O3. The average molecular weight is 580 g/mol. The van der Waals surface area contributed by atoms with Crippen LogP contribution in [0.25, 0.3) is 0 Å². The topological polar surface area (TPSA) is 117 Å². The van der Waals surface area contributed by atoms with E-state index in [9.17, 15) is 40.7 Å². The molecule has 0 saturated heterocycles. The maximum Gasteiger partial charge on any atom is 0.389 e. The normalized spacial score (nSPS) is 17.5. The van der Waals surface area contributed by atoms with Crippen LogP contribution in [-0.4, -0.2) is 47.6 Å². The Morgan fingerprint density at radius 1 is 1.05 bits per heavy atom. The average Bonchev–Trinajstić information content (AvgIpc) is 2.97. The van der Waals surface area contributed by atoms with Gasteiger partial charge in [0.15, 0.2) is 0 Å². The van der Waals surface area contributed by atoms with Crippen molar-refractivity contribution in [3.05, 3.63) is 47.6 Å². The molecule has 212 valence electrons. The number of rotatable bonds is 9. The molecule has 1 aliphatic heterocycles. The van der Waals surface area contributed by atoms with E-state index in [1.807, 2.05) is 0 Å². The van der Waals surface area contributed by atoms with Crippen LogP contribution < -0.4 is 21.3 Å². The number of benzene rings is 1. The Labute approximate surface area is 223 Å². The van der Waals surface area contributed by atoms with E-state index in [1.165, 1.54) is 17.2 Å². The number of nitrogens with two attached hydrogens (primary N) is 1. The number of amides is 3. The van der Waals surface area contributed by atoms with Crippen molar-refractivity contribution >= 4 is 46.5 Å². The summed E-state index contributed by atoms with van der Waals surface area (Å²) in [5.41, 5.74) is 5.81. The van der Waals surface area contributed by atoms with Gasteiger partial charge in [-0.2, -0.15) is 26.3 Å². The van der Waals surface area contributed by atoms with Crippen molar-refractivity contribution in [3.8, 4) is 0 Å². The Morgan fingerprint density at radius 2 is 1.69 bits per heavy atom. The second-order valence-electron chi connectivity index (χ2n) is 8.91. The summed E-state index contributed by atoms with van der Waals surface area (Å²) in [4.78, 5) is 44.1. The lowest BCUT2D eigenvalue weighted by atomic mass is 9.83. The molecule has 8 nitrogen and oxygen atoms in total. The summed E-state index contributed by atoms with van der Waals surface area (Å²) in [6, 6.07) is 8.20. The van der Waals surface area contributed by atoms with Crippen LogP contribution in [0.3, 0.4) is 0 Å². The van der Waals surface area contributed by atoms with Crippen LogP contribution in [-0.2, 0) is 14.4 Å². The van der Waals surface area contributed by atoms with Crippen molar-refractivity contribution in [3.63, 3.8) is 0 Å². The van der Waals surface area contributed by atoms with Crippen molar-refractivity contribution < 1.29 is 40.7 Å². The first-order valence-corrected chi connectivity index (χ1v) is 12.0. The number of hydrogen-bond acceptors (Lipinski definition) is 5. The monoisotopic (exact) mass is 579 g/mol. The zero-order valence-electron chi connectivity index (χ0n) is 20.2. The number of fused-ring (bicyclic) bond motifs is 1. The third-order valence-corrected chi connectivity index (χ3v) is 6.44. The zero-order valence-corrected chi connectivity index (χ0v) is 20.9. The number of carbonyl (C=O) groups is 3. The first-order valence-electron chi connectivity index (χ1n) is 11.7. The number of anilines is 3. The zero-order chi connectivity index (χ0) is 29.0. The van der Waals surface area contributed by atoms with Crippen LogP contribution in [0.5, 0.6) is 0 Å². The lowest BCUT2D eigenvalue weighted by molar-refractivity contribution is -0.152. The molecule has 2 heterocycles. The first-order chi connectivity index (χ1) is 18.2. The highest BCUT2D eigenvalue weighted by Crippen LogP contribution is 2.38. The van der Waals surface area contributed by atoms with Gasteiger partial charge in [0.25, 0.3) is 0 Å². The van der Waals surface area contributed by atoms with Crippen molar-refractivity contribution in [1.29, 1.82) is 0 Å². The Bertz CT molecular complexity index is 1200. The summed E-state index contributed by atoms with van der Waals surface area (Å²) in [7, 11) is 0. The number of halogens is 7. The molecule has 2 unspecified atom stereocenters. The molecule has 0 aliphatic carbocycles. The summed E-state index contributed by atoms with van der Waals surface area (Å²) in [5, 5.41) is 5.03. The number of alkyl halides is 6. The third kappa shape index (κ3) is 8.22. The number of hydrogen-bond donors (Lipinski definition) is 3. The van der Waals surface area contributed by atoms with Crippen LogP contribution in [0.4, 0.5) is 43.5 Å². The molecule has 2 aromatic rings. The fourth-order valence-electron chi connectivity index (χ4n) is 4.25. The Morgan fingerprint density at radius 3 is 2.26 bits per heavy atom. The number of carbonyl (C=O) groups excluding carboxylic acids is 3. The maximum atomic E-state index is 13.2. The van der Waals surface area contributed by atoms with Crippen molar-refractivity contribution in [2.45, 2.75) is 44.1 Å². The number of nitrogens with zero attached hydrogens (tertiary/aromatic N) is 2. The Balaban J connectivity index is 1.93. The predicted molar refractivity (Wildman–Crippen MR) is 130 cm³/mol. The van der Waals surface area contributed by atoms with Gasteiger partial charge in [0.1, 0.15) is 11.9 Å². The molecule has 0 spiro atoms. The fourth-order valence-corrected chi connectivity index (χ4v) is 4.47. The molecule has 39 heavy (non-hydrogen) atoms. The van der Waals surface area contributed by atoms with Gasteiger partial charge in [0.05, 0.1) is 22.9 Å². The van der Waals surface area contributed by atoms with Crippen LogP contribution in [0.15, 0.2) is 42.6 Å². The smallest absolute Gasteiger partial charge is 0.369 e. The number of para-hydroxylation sites is 1. The van der Waals surface area contributed by atoms with E-state index in [4.69, 9.17) is 17.3 Å². The summed E-state index contributed by atoms with van der Waals surface area (Å²) >= 11 is 6.27. The molecular weight excluding hydrogens is 556 g/mol.